The van der Waals surface area contributed by atoms with E-state index in [1.165, 1.54) is 4.90 Å². The minimum atomic E-state index is -0.358. The van der Waals surface area contributed by atoms with Crippen molar-refractivity contribution in [2.45, 2.75) is 59.4 Å². The first-order valence-corrected chi connectivity index (χ1v) is 5.49. The van der Waals surface area contributed by atoms with Crippen molar-refractivity contribution in [2.75, 3.05) is 0 Å². The van der Waals surface area contributed by atoms with Crippen LogP contribution < -0.4 is 0 Å². The Bertz CT molecular complexity index is 270. The van der Waals surface area contributed by atoms with Gasteiger partial charge in [0, 0.05) is 18.4 Å². The molecule has 86 valence electrons. The normalized spacial score (nSPS) is 18.9. The van der Waals surface area contributed by atoms with Gasteiger partial charge in [-0.3, -0.25) is 14.5 Å². The number of nitrogens with zero attached hydrogens (tertiary/aromatic N) is 1. The number of carbonyl (C=O) groups is 2. The quantitative estimate of drug-likeness (QED) is 0.657. The van der Waals surface area contributed by atoms with Gasteiger partial charge in [0.2, 0.25) is 11.8 Å². The Morgan fingerprint density at radius 3 is 1.73 bits per heavy atom. The molecule has 0 spiro atoms. The fraction of sp³-hybridized carbons (Fsp3) is 0.833. The van der Waals surface area contributed by atoms with Crippen molar-refractivity contribution in [2.24, 2.45) is 5.41 Å². The van der Waals surface area contributed by atoms with Gasteiger partial charge in [0.15, 0.2) is 0 Å². The Kier molecular flexibility index (Phi) is 2.94. The van der Waals surface area contributed by atoms with E-state index in [1.807, 2.05) is 13.8 Å². The summed E-state index contributed by atoms with van der Waals surface area (Å²) in [5.74, 6) is -0.0384. The maximum Gasteiger partial charge on any atom is 0.230 e. The molecule has 0 aromatic heterocycles. The molecule has 1 heterocycles. The summed E-state index contributed by atoms with van der Waals surface area (Å²) < 4.78 is 0. The highest BCUT2D eigenvalue weighted by atomic mass is 16.2. The Balaban J connectivity index is 2.85. The highest BCUT2D eigenvalue weighted by molar-refractivity contribution is 6.02. The molecule has 0 aromatic carbocycles. The topological polar surface area (TPSA) is 37.4 Å². The summed E-state index contributed by atoms with van der Waals surface area (Å²) >= 11 is 0. The molecule has 0 aliphatic carbocycles. The fourth-order valence-corrected chi connectivity index (χ4v) is 2.63. The van der Waals surface area contributed by atoms with E-state index in [4.69, 9.17) is 0 Å². The molecule has 0 saturated carbocycles. The SMILES string of the molecule is CC(C)(C)CC(C)(C)N1C(=O)CCC1=O. The zero-order valence-corrected chi connectivity index (χ0v) is 10.4. The zero-order valence-electron chi connectivity index (χ0n) is 10.4. The van der Waals surface area contributed by atoms with E-state index in [0.29, 0.717) is 12.8 Å². The summed E-state index contributed by atoms with van der Waals surface area (Å²) in [5.41, 5.74) is -0.241. The van der Waals surface area contributed by atoms with Crippen LogP contribution in [0.2, 0.25) is 0 Å². The number of hydrogen-bond acceptors (Lipinski definition) is 2. The van der Waals surface area contributed by atoms with Crippen LogP contribution in [0.25, 0.3) is 0 Å². The van der Waals surface area contributed by atoms with Crippen molar-refractivity contribution in [3.63, 3.8) is 0 Å². The number of rotatable bonds is 2. The molecule has 0 atom stereocenters. The van der Waals surface area contributed by atoms with Gasteiger partial charge < -0.3 is 0 Å². The smallest absolute Gasteiger partial charge is 0.230 e. The van der Waals surface area contributed by atoms with Crippen molar-refractivity contribution in [3.8, 4) is 0 Å². The van der Waals surface area contributed by atoms with Crippen LogP contribution in [0.5, 0.6) is 0 Å². The molecular formula is C12H21NO2. The predicted molar refractivity (Wildman–Crippen MR) is 59.2 cm³/mol. The third-order valence-corrected chi connectivity index (χ3v) is 2.62. The van der Waals surface area contributed by atoms with Crippen LogP contribution >= 0.6 is 0 Å². The Morgan fingerprint density at radius 1 is 1.00 bits per heavy atom. The molecule has 1 rings (SSSR count). The third-order valence-electron chi connectivity index (χ3n) is 2.62. The van der Waals surface area contributed by atoms with Crippen LogP contribution in [0.4, 0.5) is 0 Å². The Morgan fingerprint density at radius 2 is 1.40 bits per heavy atom. The first kappa shape index (κ1) is 12.2. The molecule has 1 aliphatic rings. The average molecular weight is 211 g/mol. The average Bonchev–Trinajstić information content (AvgIpc) is 2.25. The second kappa shape index (κ2) is 3.62. The molecule has 0 radical (unpaired) electrons. The van der Waals surface area contributed by atoms with E-state index in [2.05, 4.69) is 20.8 Å². The summed E-state index contributed by atoms with van der Waals surface area (Å²) in [5, 5.41) is 0. The van der Waals surface area contributed by atoms with Crippen LogP contribution in [0.1, 0.15) is 53.9 Å². The first-order valence-electron chi connectivity index (χ1n) is 5.49. The van der Waals surface area contributed by atoms with E-state index in [1.54, 1.807) is 0 Å². The number of likely N-dealkylation sites (tertiary alicyclic amines) is 1. The Hall–Kier alpha value is -0.860. The predicted octanol–water partition coefficient (Wildman–Crippen LogP) is 2.35. The number of carbonyl (C=O) groups excluding carboxylic acids is 2. The summed E-state index contributed by atoms with van der Waals surface area (Å²) in [6.45, 7) is 10.3. The lowest BCUT2D eigenvalue weighted by atomic mass is 9.81. The van der Waals surface area contributed by atoms with Crippen LogP contribution in [0, 0.1) is 5.41 Å². The van der Waals surface area contributed by atoms with Crippen LogP contribution in [0.3, 0.4) is 0 Å². The van der Waals surface area contributed by atoms with E-state index in [0.717, 1.165) is 6.42 Å². The molecule has 0 unspecified atom stereocenters. The van der Waals surface area contributed by atoms with Crippen LogP contribution in [-0.4, -0.2) is 22.3 Å². The fourth-order valence-electron chi connectivity index (χ4n) is 2.63. The highest BCUT2D eigenvalue weighted by Gasteiger charge is 2.41. The second-order valence-corrected chi connectivity index (χ2v) is 6.17. The minimum absolute atomic E-state index is 0.0192. The molecule has 3 nitrogen and oxygen atoms in total. The molecule has 1 saturated heterocycles. The molecule has 1 fully saturated rings. The first-order chi connectivity index (χ1) is 6.63. The number of amides is 2. The lowest BCUT2D eigenvalue weighted by molar-refractivity contribution is -0.145. The van der Waals surface area contributed by atoms with Gasteiger partial charge in [-0.15, -0.1) is 0 Å². The molecule has 0 bridgehead atoms. The van der Waals surface area contributed by atoms with Gasteiger partial charge in [-0.25, -0.2) is 0 Å². The highest BCUT2D eigenvalue weighted by Crippen LogP contribution is 2.34. The minimum Gasteiger partial charge on any atom is -0.277 e. The number of hydrogen-bond donors (Lipinski definition) is 0. The second-order valence-electron chi connectivity index (χ2n) is 6.17. The van der Waals surface area contributed by atoms with Gasteiger partial charge in [-0.1, -0.05) is 20.8 Å². The third kappa shape index (κ3) is 2.80. The van der Waals surface area contributed by atoms with Crippen molar-refractivity contribution in [1.29, 1.82) is 0 Å². The monoisotopic (exact) mass is 211 g/mol. The van der Waals surface area contributed by atoms with Crippen molar-refractivity contribution in [1.82, 2.24) is 4.90 Å². The zero-order chi connectivity index (χ0) is 11.9. The molecule has 3 heteroatoms. The number of imide groups is 1. The lowest BCUT2D eigenvalue weighted by Crippen LogP contribution is -2.49. The van der Waals surface area contributed by atoms with Gasteiger partial charge in [0.1, 0.15) is 0 Å². The maximum atomic E-state index is 11.6. The molecule has 2 amide bonds. The summed E-state index contributed by atoms with van der Waals surface area (Å²) in [7, 11) is 0. The van der Waals surface area contributed by atoms with Crippen molar-refractivity contribution < 1.29 is 9.59 Å². The molecule has 0 N–H and O–H groups in total. The van der Waals surface area contributed by atoms with E-state index in [-0.39, 0.29) is 22.8 Å². The van der Waals surface area contributed by atoms with E-state index in [9.17, 15) is 9.59 Å². The van der Waals surface area contributed by atoms with Crippen LogP contribution in [-0.2, 0) is 9.59 Å². The lowest BCUT2D eigenvalue weighted by Gasteiger charge is -2.38. The van der Waals surface area contributed by atoms with Crippen molar-refractivity contribution in [3.05, 3.63) is 0 Å². The molecular weight excluding hydrogens is 190 g/mol. The molecule has 0 aromatic rings. The van der Waals surface area contributed by atoms with Gasteiger partial charge in [-0.2, -0.15) is 0 Å². The van der Waals surface area contributed by atoms with Gasteiger partial charge in [0.25, 0.3) is 0 Å². The van der Waals surface area contributed by atoms with Gasteiger partial charge >= 0.3 is 0 Å². The molecule has 15 heavy (non-hydrogen) atoms. The summed E-state index contributed by atoms with van der Waals surface area (Å²) in [6.07, 6.45) is 1.59. The van der Waals surface area contributed by atoms with Gasteiger partial charge in [-0.05, 0) is 25.7 Å². The van der Waals surface area contributed by atoms with E-state index >= 15 is 0 Å². The Labute approximate surface area is 91.8 Å². The maximum absolute atomic E-state index is 11.6. The summed E-state index contributed by atoms with van der Waals surface area (Å²) in [4.78, 5) is 24.7. The van der Waals surface area contributed by atoms with E-state index < -0.39 is 0 Å². The van der Waals surface area contributed by atoms with Crippen molar-refractivity contribution >= 4 is 11.8 Å². The van der Waals surface area contributed by atoms with Crippen LogP contribution in [0.15, 0.2) is 0 Å². The largest absolute Gasteiger partial charge is 0.277 e. The molecule has 1 aliphatic heterocycles. The summed E-state index contributed by atoms with van der Waals surface area (Å²) in [6, 6.07) is 0. The standard InChI is InChI=1S/C12H21NO2/c1-11(2,3)8-12(4,5)13-9(14)6-7-10(13)15/h6-8H2,1-5H3. The van der Waals surface area contributed by atoms with Gasteiger partial charge in [0.05, 0.1) is 0 Å².